The molecule has 14 heavy (non-hydrogen) atoms. The van der Waals surface area contributed by atoms with E-state index in [-0.39, 0.29) is 5.57 Å². The molecule has 1 rings (SSSR count). The molecule has 0 aliphatic heterocycles. The second kappa shape index (κ2) is 4.18. The summed E-state index contributed by atoms with van der Waals surface area (Å²) in [6, 6.07) is 6.69. The van der Waals surface area contributed by atoms with Crippen LogP contribution < -0.4 is 11.6 Å². The smallest absolute Gasteiger partial charge is 0.248 e. The second-order valence-electron chi connectivity index (χ2n) is 2.61. The molecule has 4 N–H and O–H groups in total. The van der Waals surface area contributed by atoms with Crippen LogP contribution in [-0.2, 0) is 4.79 Å². The molecule has 72 valence electrons. The second-order valence-corrected chi connectivity index (χ2v) is 2.61. The van der Waals surface area contributed by atoms with Gasteiger partial charge < -0.3 is 11.6 Å². The molecule has 0 unspecified atom stereocenters. The number of carbonyl (C=O) groups is 1. The lowest BCUT2D eigenvalue weighted by atomic mass is 10.1. The van der Waals surface area contributed by atoms with E-state index in [2.05, 4.69) is 16.9 Å². The minimum Gasteiger partial charge on any atom is -0.366 e. The van der Waals surface area contributed by atoms with Gasteiger partial charge in [-0.1, -0.05) is 23.9 Å². The van der Waals surface area contributed by atoms with Crippen molar-refractivity contribution in [3.63, 3.8) is 0 Å². The number of rotatable bonds is 3. The van der Waals surface area contributed by atoms with Crippen molar-refractivity contribution in [3.8, 4) is 0 Å². The van der Waals surface area contributed by atoms with Gasteiger partial charge in [0.1, 0.15) is 0 Å². The molecule has 0 aliphatic carbocycles. The van der Waals surface area contributed by atoms with Crippen molar-refractivity contribution in [1.29, 1.82) is 0 Å². The number of hydrogen-bond acceptors (Lipinski definition) is 3. The summed E-state index contributed by atoms with van der Waals surface area (Å²) in [4.78, 5) is 10.8. The first kappa shape index (κ1) is 9.91. The van der Waals surface area contributed by atoms with E-state index < -0.39 is 5.91 Å². The molecule has 1 aromatic carbocycles. The third-order valence-corrected chi connectivity index (χ3v) is 1.69. The fourth-order valence-corrected chi connectivity index (χ4v) is 0.938. The Morgan fingerprint density at radius 3 is 2.29 bits per heavy atom. The number of primary amides is 1. The molecule has 5 heteroatoms. The SMILES string of the molecule is C=C(C(N)=O)c1ccc(N=NN)cc1. The first-order valence-electron chi connectivity index (χ1n) is 3.85. The Kier molecular flexibility index (Phi) is 2.96. The van der Waals surface area contributed by atoms with E-state index in [4.69, 9.17) is 11.6 Å². The summed E-state index contributed by atoms with van der Waals surface area (Å²) >= 11 is 0. The molecule has 0 aromatic heterocycles. The van der Waals surface area contributed by atoms with Crippen LogP contribution in [0.15, 0.2) is 41.2 Å². The van der Waals surface area contributed by atoms with Gasteiger partial charge in [-0.05, 0) is 17.7 Å². The number of nitrogens with two attached hydrogens (primary N) is 2. The lowest BCUT2D eigenvalue weighted by molar-refractivity contribution is -0.112. The summed E-state index contributed by atoms with van der Waals surface area (Å²) in [7, 11) is 0. The fraction of sp³-hybridized carbons (Fsp3) is 0. The number of hydrogen-bond donors (Lipinski definition) is 2. The van der Waals surface area contributed by atoms with E-state index in [1.807, 2.05) is 0 Å². The first-order chi connectivity index (χ1) is 6.65. The Balaban J connectivity index is 2.94. The van der Waals surface area contributed by atoms with Gasteiger partial charge in [0, 0.05) is 5.57 Å². The lowest BCUT2D eigenvalue weighted by Gasteiger charge is -2.00. The van der Waals surface area contributed by atoms with Gasteiger partial charge in [-0.15, -0.1) is 5.11 Å². The van der Waals surface area contributed by atoms with Crippen LogP contribution in [-0.4, -0.2) is 5.91 Å². The number of benzene rings is 1. The molecule has 0 atom stereocenters. The minimum atomic E-state index is -0.543. The third-order valence-electron chi connectivity index (χ3n) is 1.69. The number of carbonyl (C=O) groups excluding carboxylic acids is 1. The number of nitrogens with zero attached hydrogens (tertiary/aromatic N) is 2. The van der Waals surface area contributed by atoms with Crippen LogP contribution in [0.5, 0.6) is 0 Å². The van der Waals surface area contributed by atoms with Crippen LogP contribution in [0.4, 0.5) is 5.69 Å². The largest absolute Gasteiger partial charge is 0.366 e. The van der Waals surface area contributed by atoms with E-state index in [0.29, 0.717) is 11.3 Å². The maximum absolute atomic E-state index is 10.8. The Bertz CT molecular complexity index is 380. The topological polar surface area (TPSA) is 93.8 Å². The van der Waals surface area contributed by atoms with Crippen LogP contribution >= 0.6 is 0 Å². The Morgan fingerprint density at radius 1 is 1.29 bits per heavy atom. The molecule has 0 fully saturated rings. The molecular weight excluding hydrogens is 180 g/mol. The van der Waals surface area contributed by atoms with Crippen molar-refractivity contribution in [1.82, 2.24) is 0 Å². The summed E-state index contributed by atoms with van der Waals surface area (Å²) in [5.74, 6) is 4.33. The maximum Gasteiger partial charge on any atom is 0.248 e. The van der Waals surface area contributed by atoms with Crippen molar-refractivity contribution in [2.24, 2.45) is 21.9 Å². The van der Waals surface area contributed by atoms with Crippen molar-refractivity contribution in [3.05, 3.63) is 36.4 Å². The normalized spacial score (nSPS) is 10.3. The quantitative estimate of drug-likeness (QED) is 0.323. The van der Waals surface area contributed by atoms with Gasteiger partial charge >= 0.3 is 0 Å². The zero-order valence-corrected chi connectivity index (χ0v) is 7.47. The van der Waals surface area contributed by atoms with E-state index in [1.165, 1.54) is 0 Å². The van der Waals surface area contributed by atoms with Gasteiger partial charge in [-0.3, -0.25) is 4.79 Å². The van der Waals surface area contributed by atoms with Crippen LogP contribution in [0.1, 0.15) is 5.56 Å². The standard InChI is InChI=1S/C9H10N4O/c1-6(9(10)14)7-2-4-8(5-3-7)12-13-11/h2-5H,1H2,(H2,10,14)(H2,11,12). The van der Waals surface area contributed by atoms with E-state index in [0.717, 1.165) is 0 Å². The molecule has 1 amide bonds. The molecule has 0 heterocycles. The minimum absolute atomic E-state index is 0.265. The molecule has 1 aromatic rings. The zero-order valence-electron chi connectivity index (χ0n) is 7.47. The van der Waals surface area contributed by atoms with Crippen molar-refractivity contribution in [2.45, 2.75) is 0 Å². The van der Waals surface area contributed by atoms with Crippen molar-refractivity contribution in [2.75, 3.05) is 0 Å². The summed E-state index contributed by atoms with van der Waals surface area (Å²) in [6.45, 7) is 3.55. The summed E-state index contributed by atoms with van der Waals surface area (Å²) in [6.07, 6.45) is 0. The third kappa shape index (κ3) is 2.16. The highest BCUT2D eigenvalue weighted by molar-refractivity contribution is 6.17. The van der Waals surface area contributed by atoms with Crippen LogP contribution in [0, 0.1) is 0 Å². The van der Waals surface area contributed by atoms with E-state index >= 15 is 0 Å². The maximum atomic E-state index is 10.8. The van der Waals surface area contributed by atoms with Gasteiger partial charge in [0.2, 0.25) is 5.91 Å². The molecule has 0 saturated carbocycles. The average Bonchev–Trinajstić information content (AvgIpc) is 2.18. The van der Waals surface area contributed by atoms with E-state index in [9.17, 15) is 4.79 Å². The molecule has 0 radical (unpaired) electrons. The Morgan fingerprint density at radius 2 is 1.86 bits per heavy atom. The average molecular weight is 190 g/mol. The highest BCUT2D eigenvalue weighted by Crippen LogP contribution is 2.17. The summed E-state index contributed by atoms with van der Waals surface area (Å²) in [5.41, 5.74) is 6.60. The first-order valence-corrected chi connectivity index (χ1v) is 3.85. The fourth-order valence-electron chi connectivity index (χ4n) is 0.938. The van der Waals surface area contributed by atoms with Gasteiger partial charge in [0.15, 0.2) is 0 Å². The van der Waals surface area contributed by atoms with E-state index in [1.54, 1.807) is 24.3 Å². The highest BCUT2D eigenvalue weighted by Gasteiger charge is 2.03. The van der Waals surface area contributed by atoms with Crippen LogP contribution in [0.2, 0.25) is 0 Å². The van der Waals surface area contributed by atoms with Gasteiger partial charge in [-0.25, -0.2) is 0 Å². The number of amides is 1. The predicted octanol–water partition coefficient (Wildman–Crippen LogP) is 1.14. The molecule has 0 saturated heterocycles. The summed E-state index contributed by atoms with van der Waals surface area (Å²) in [5, 5.41) is 6.74. The van der Waals surface area contributed by atoms with Crippen LogP contribution in [0.3, 0.4) is 0 Å². The van der Waals surface area contributed by atoms with Crippen LogP contribution in [0.25, 0.3) is 5.57 Å². The van der Waals surface area contributed by atoms with Crippen molar-refractivity contribution < 1.29 is 4.79 Å². The van der Waals surface area contributed by atoms with Gasteiger partial charge in [-0.2, -0.15) is 0 Å². The Hall–Kier alpha value is -2.17. The predicted molar refractivity (Wildman–Crippen MR) is 53.4 cm³/mol. The van der Waals surface area contributed by atoms with Gasteiger partial charge in [0.05, 0.1) is 5.69 Å². The monoisotopic (exact) mass is 190 g/mol. The molecule has 0 aliphatic rings. The lowest BCUT2D eigenvalue weighted by Crippen LogP contribution is -2.11. The molecule has 5 nitrogen and oxygen atoms in total. The highest BCUT2D eigenvalue weighted by atomic mass is 16.1. The zero-order chi connectivity index (χ0) is 10.6. The molecule has 0 bridgehead atoms. The molecule has 0 spiro atoms. The summed E-state index contributed by atoms with van der Waals surface area (Å²) < 4.78 is 0. The van der Waals surface area contributed by atoms with Crippen molar-refractivity contribution >= 4 is 17.2 Å². The molecular formula is C9H10N4O. The van der Waals surface area contributed by atoms with Gasteiger partial charge in [0.25, 0.3) is 0 Å². The Labute approximate surface area is 81.1 Å².